The highest BCUT2D eigenvalue weighted by molar-refractivity contribution is 6.36. The van der Waals surface area contributed by atoms with Gasteiger partial charge in [0.1, 0.15) is 12.4 Å². The van der Waals surface area contributed by atoms with E-state index in [0.29, 0.717) is 16.7 Å². The molecule has 5 heteroatoms. The molecule has 0 amide bonds. The summed E-state index contributed by atoms with van der Waals surface area (Å²) in [6.45, 7) is 3.40. The van der Waals surface area contributed by atoms with Gasteiger partial charge in [0.2, 0.25) is 0 Å². The number of ether oxygens (including phenoxy) is 1. The zero-order valence-electron chi connectivity index (χ0n) is 17.2. The molecular formula is C26H24Cl2N2O. The van der Waals surface area contributed by atoms with Crippen molar-refractivity contribution in [1.29, 1.82) is 0 Å². The molecule has 0 atom stereocenters. The zero-order chi connectivity index (χ0) is 21.2. The number of nitrogens with one attached hydrogen (secondary N) is 1. The summed E-state index contributed by atoms with van der Waals surface area (Å²) in [6.07, 6.45) is 2.00. The van der Waals surface area contributed by atoms with Crippen LogP contribution in [0.25, 0.3) is 22.0 Å². The van der Waals surface area contributed by atoms with Crippen LogP contribution in [0.1, 0.15) is 11.3 Å². The molecule has 0 fully saturated rings. The molecule has 0 radical (unpaired) electrons. The second kappa shape index (κ2) is 8.96. The van der Waals surface area contributed by atoms with E-state index in [4.69, 9.17) is 27.9 Å². The van der Waals surface area contributed by atoms with Gasteiger partial charge in [-0.25, -0.2) is 0 Å². The van der Waals surface area contributed by atoms with Gasteiger partial charge in [-0.2, -0.15) is 0 Å². The third kappa shape index (κ3) is 4.06. The molecule has 1 aromatic heterocycles. The van der Waals surface area contributed by atoms with Crippen LogP contribution in [-0.2, 0) is 19.4 Å². The minimum atomic E-state index is 0.625. The van der Waals surface area contributed by atoms with E-state index in [2.05, 4.69) is 28.1 Å². The fraction of sp³-hybridized carbons (Fsp3) is 0.231. The number of nitrogens with zero attached hydrogens (tertiary/aromatic N) is 1. The number of para-hydroxylation sites is 1. The highest BCUT2D eigenvalue weighted by atomic mass is 35.5. The summed E-state index contributed by atoms with van der Waals surface area (Å²) in [5.74, 6) is 0.903. The van der Waals surface area contributed by atoms with Crippen molar-refractivity contribution in [2.45, 2.75) is 19.4 Å². The minimum absolute atomic E-state index is 0.625. The maximum Gasteiger partial charge on any atom is 0.119 e. The number of hydrogen-bond donors (Lipinski definition) is 1. The van der Waals surface area contributed by atoms with Gasteiger partial charge in [-0.05, 0) is 54.4 Å². The number of halogens is 2. The summed E-state index contributed by atoms with van der Waals surface area (Å²) in [4.78, 5) is 0. The number of aromatic nitrogens is 1. The van der Waals surface area contributed by atoms with Gasteiger partial charge in [-0.1, -0.05) is 59.6 Å². The molecule has 0 bridgehead atoms. The standard InChI is InChI=1S/C26H24Cl2N2O/c27-18-9-10-20(23(28)17-18)21-7-4-8-25-26(21)22-11-13-29-14-12-24(22)30(25)15-16-31-19-5-2-1-3-6-19/h1-10,17,29H,11-16H2. The first-order valence-electron chi connectivity index (χ1n) is 10.7. The molecule has 1 aliphatic heterocycles. The molecule has 1 N–H and O–H groups in total. The van der Waals surface area contributed by atoms with Crippen molar-refractivity contribution in [2.75, 3.05) is 19.7 Å². The molecule has 0 unspecified atom stereocenters. The van der Waals surface area contributed by atoms with Gasteiger partial charge < -0.3 is 14.6 Å². The van der Waals surface area contributed by atoms with Crippen molar-refractivity contribution in [3.05, 3.63) is 88.0 Å². The Labute approximate surface area is 192 Å². The van der Waals surface area contributed by atoms with Crippen LogP contribution in [0.15, 0.2) is 66.7 Å². The van der Waals surface area contributed by atoms with E-state index >= 15 is 0 Å². The number of fused-ring (bicyclic) bond motifs is 3. The lowest BCUT2D eigenvalue weighted by molar-refractivity contribution is 0.299. The average Bonchev–Trinajstić information content (AvgIpc) is 2.91. The van der Waals surface area contributed by atoms with Gasteiger partial charge >= 0.3 is 0 Å². The van der Waals surface area contributed by atoms with Crippen molar-refractivity contribution in [2.24, 2.45) is 0 Å². The molecule has 1 aliphatic rings. The van der Waals surface area contributed by atoms with Crippen molar-refractivity contribution in [1.82, 2.24) is 9.88 Å². The van der Waals surface area contributed by atoms with E-state index in [1.165, 1.54) is 27.7 Å². The number of hydrogen-bond acceptors (Lipinski definition) is 2. The van der Waals surface area contributed by atoms with Crippen LogP contribution >= 0.6 is 23.2 Å². The van der Waals surface area contributed by atoms with Crippen molar-refractivity contribution >= 4 is 34.1 Å². The van der Waals surface area contributed by atoms with E-state index in [1.807, 2.05) is 48.5 Å². The summed E-state index contributed by atoms with van der Waals surface area (Å²) in [7, 11) is 0. The van der Waals surface area contributed by atoms with Crippen LogP contribution in [-0.4, -0.2) is 24.3 Å². The van der Waals surface area contributed by atoms with Crippen LogP contribution in [0.2, 0.25) is 10.0 Å². The molecule has 4 aromatic rings. The van der Waals surface area contributed by atoms with E-state index < -0.39 is 0 Å². The SMILES string of the molecule is Clc1ccc(-c2cccc3c2c2c(n3CCOc3ccccc3)CCNCC2)c(Cl)c1. The molecular weight excluding hydrogens is 427 g/mol. The molecule has 158 valence electrons. The molecule has 0 aliphatic carbocycles. The Morgan fingerprint density at radius 1 is 0.871 bits per heavy atom. The van der Waals surface area contributed by atoms with Crippen molar-refractivity contribution < 1.29 is 4.74 Å². The van der Waals surface area contributed by atoms with Crippen LogP contribution in [0.4, 0.5) is 0 Å². The second-order valence-corrected chi connectivity index (χ2v) is 8.66. The number of benzene rings is 3. The molecule has 2 heterocycles. The minimum Gasteiger partial charge on any atom is -0.492 e. The van der Waals surface area contributed by atoms with Crippen molar-refractivity contribution in [3.63, 3.8) is 0 Å². The quantitative estimate of drug-likeness (QED) is 0.381. The van der Waals surface area contributed by atoms with E-state index in [0.717, 1.165) is 43.8 Å². The highest BCUT2D eigenvalue weighted by Crippen LogP contribution is 2.39. The Hall–Kier alpha value is -2.46. The van der Waals surface area contributed by atoms with Crippen LogP contribution in [0.3, 0.4) is 0 Å². The van der Waals surface area contributed by atoms with Gasteiger partial charge in [-0.15, -0.1) is 0 Å². The average molecular weight is 451 g/mol. The first kappa shape index (κ1) is 20.4. The second-order valence-electron chi connectivity index (χ2n) is 7.81. The van der Waals surface area contributed by atoms with Gasteiger partial charge in [0.05, 0.1) is 6.54 Å². The maximum absolute atomic E-state index is 6.61. The summed E-state index contributed by atoms with van der Waals surface area (Å²) < 4.78 is 8.46. The zero-order valence-corrected chi connectivity index (χ0v) is 18.7. The lowest BCUT2D eigenvalue weighted by atomic mass is 9.97. The lowest BCUT2D eigenvalue weighted by Gasteiger charge is -2.13. The Morgan fingerprint density at radius 3 is 2.55 bits per heavy atom. The van der Waals surface area contributed by atoms with Crippen molar-refractivity contribution in [3.8, 4) is 16.9 Å². The topological polar surface area (TPSA) is 26.2 Å². The third-order valence-corrected chi connectivity index (χ3v) is 6.50. The molecule has 0 saturated heterocycles. The monoisotopic (exact) mass is 450 g/mol. The predicted molar refractivity (Wildman–Crippen MR) is 130 cm³/mol. The van der Waals surface area contributed by atoms with Gasteiger partial charge in [-0.3, -0.25) is 0 Å². The largest absolute Gasteiger partial charge is 0.492 e. The summed E-state index contributed by atoms with van der Waals surface area (Å²) in [5, 5.41) is 6.17. The fourth-order valence-electron chi connectivity index (χ4n) is 4.59. The van der Waals surface area contributed by atoms with Crippen LogP contribution in [0.5, 0.6) is 5.75 Å². The smallest absolute Gasteiger partial charge is 0.119 e. The lowest BCUT2D eigenvalue weighted by Crippen LogP contribution is -2.18. The molecule has 3 aromatic carbocycles. The first-order valence-corrected chi connectivity index (χ1v) is 11.4. The van der Waals surface area contributed by atoms with Gasteiger partial charge in [0, 0.05) is 45.2 Å². The highest BCUT2D eigenvalue weighted by Gasteiger charge is 2.22. The first-order chi connectivity index (χ1) is 15.2. The predicted octanol–water partition coefficient (Wildman–Crippen LogP) is 6.38. The Bertz CT molecular complexity index is 1220. The third-order valence-electron chi connectivity index (χ3n) is 5.95. The van der Waals surface area contributed by atoms with Crippen LogP contribution in [0, 0.1) is 0 Å². The Balaban J connectivity index is 1.60. The molecule has 0 saturated carbocycles. The molecule has 5 rings (SSSR count). The summed E-state index contributed by atoms with van der Waals surface area (Å²) in [6, 6.07) is 22.3. The van der Waals surface area contributed by atoms with Gasteiger partial charge in [0.25, 0.3) is 0 Å². The number of rotatable bonds is 5. The molecule has 3 nitrogen and oxygen atoms in total. The Morgan fingerprint density at radius 2 is 1.71 bits per heavy atom. The molecule has 31 heavy (non-hydrogen) atoms. The van der Waals surface area contributed by atoms with Crippen LogP contribution < -0.4 is 10.1 Å². The normalized spacial score (nSPS) is 13.7. The van der Waals surface area contributed by atoms with E-state index in [9.17, 15) is 0 Å². The Kier molecular flexibility index (Phi) is 5.91. The fourth-order valence-corrected chi connectivity index (χ4v) is 5.10. The van der Waals surface area contributed by atoms with Gasteiger partial charge in [0.15, 0.2) is 0 Å². The van der Waals surface area contributed by atoms with E-state index in [-0.39, 0.29) is 0 Å². The van der Waals surface area contributed by atoms with E-state index in [1.54, 1.807) is 0 Å². The summed E-state index contributed by atoms with van der Waals surface area (Å²) in [5.41, 5.74) is 6.25. The summed E-state index contributed by atoms with van der Waals surface area (Å²) >= 11 is 12.8. The molecule has 0 spiro atoms. The maximum atomic E-state index is 6.61.